The molecule has 4 rings (SSSR count). The standard InChI is InChI=1S/C16H17N5O2S/c17-13(22)9-24-16-19-18-15-20(10-5-1-2-6-10)14(23)11-7-3-4-8-12(11)21(15)16/h3-4,7-8,10H,1-2,5-6,9H2,(H2,17,22). The number of fused-ring (bicyclic) bond motifs is 3. The largest absolute Gasteiger partial charge is 0.369 e. The van der Waals surface area contributed by atoms with Gasteiger partial charge in [-0.1, -0.05) is 36.7 Å². The normalized spacial score (nSPS) is 15.5. The van der Waals surface area contributed by atoms with Crippen LogP contribution >= 0.6 is 11.8 Å². The summed E-state index contributed by atoms with van der Waals surface area (Å²) >= 11 is 1.24. The van der Waals surface area contributed by atoms with Gasteiger partial charge in [0.25, 0.3) is 5.56 Å². The number of thioether (sulfide) groups is 1. The number of para-hydroxylation sites is 1. The summed E-state index contributed by atoms with van der Waals surface area (Å²) in [5.74, 6) is 0.250. The van der Waals surface area contributed by atoms with Gasteiger partial charge in [-0.05, 0) is 25.0 Å². The van der Waals surface area contributed by atoms with E-state index < -0.39 is 5.91 Å². The highest BCUT2D eigenvalue weighted by Crippen LogP contribution is 2.31. The second-order valence-corrected chi connectivity index (χ2v) is 6.95. The number of amides is 1. The molecule has 0 radical (unpaired) electrons. The molecule has 1 amide bonds. The first kappa shape index (κ1) is 15.2. The predicted molar refractivity (Wildman–Crippen MR) is 92.2 cm³/mol. The van der Waals surface area contributed by atoms with Crippen molar-refractivity contribution in [2.75, 3.05) is 5.75 Å². The Labute approximate surface area is 141 Å². The molecule has 24 heavy (non-hydrogen) atoms. The molecule has 0 aliphatic heterocycles. The van der Waals surface area contributed by atoms with E-state index >= 15 is 0 Å². The van der Waals surface area contributed by atoms with Crippen LogP contribution in [0.3, 0.4) is 0 Å². The predicted octanol–water partition coefficient (Wildman–Crippen LogP) is 1.74. The van der Waals surface area contributed by atoms with E-state index in [2.05, 4.69) is 10.2 Å². The van der Waals surface area contributed by atoms with E-state index in [1.807, 2.05) is 28.7 Å². The van der Waals surface area contributed by atoms with Gasteiger partial charge in [0.2, 0.25) is 11.7 Å². The fraction of sp³-hybridized carbons (Fsp3) is 0.375. The lowest BCUT2D eigenvalue weighted by molar-refractivity contribution is -0.115. The van der Waals surface area contributed by atoms with Gasteiger partial charge in [0.1, 0.15) is 0 Å². The fourth-order valence-electron chi connectivity index (χ4n) is 3.42. The minimum Gasteiger partial charge on any atom is -0.369 e. The van der Waals surface area contributed by atoms with Gasteiger partial charge in [-0.15, -0.1) is 10.2 Å². The minimum absolute atomic E-state index is 0.0242. The van der Waals surface area contributed by atoms with E-state index in [-0.39, 0.29) is 17.4 Å². The van der Waals surface area contributed by atoms with Crippen LogP contribution in [0.25, 0.3) is 16.7 Å². The molecule has 1 fully saturated rings. The Kier molecular flexibility index (Phi) is 3.76. The lowest BCUT2D eigenvalue weighted by atomic mass is 10.2. The summed E-state index contributed by atoms with van der Waals surface area (Å²) in [6.45, 7) is 0. The van der Waals surface area contributed by atoms with Crippen LogP contribution in [0.2, 0.25) is 0 Å². The van der Waals surface area contributed by atoms with E-state index in [9.17, 15) is 9.59 Å². The van der Waals surface area contributed by atoms with Crippen molar-refractivity contribution in [1.29, 1.82) is 0 Å². The van der Waals surface area contributed by atoms with E-state index in [0.29, 0.717) is 16.3 Å². The first-order valence-electron chi connectivity index (χ1n) is 7.96. The molecule has 1 aliphatic rings. The van der Waals surface area contributed by atoms with Crippen LogP contribution in [0.15, 0.2) is 34.2 Å². The summed E-state index contributed by atoms with van der Waals surface area (Å²) in [5.41, 5.74) is 5.98. The van der Waals surface area contributed by atoms with Crippen LogP contribution in [0.5, 0.6) is 0 Å². The van der Waals surface area contributed by atoms with Crippen molar-refractivity contribution >= 4 is 34.3 Å². The number of primary amides is 1. The van der Waals surface area contributed by atoms with Crippen molar-refractivity contribution in [3.8, 4) is 0 Å². The van der Waals surface area contributed by atoms with Gasteiger partial charge in [0.05, 0.1) is 16.7 Å². The summed E-state index contributed by atoms with van der Waals surface area (Å²) in [7, 11) is 0. The Hall–Kier alpha value is -2.35. The number of carbonyl (C=O) groups excluding carboxylic acids is 1. The number of nitrogens with zero attached hydrogens (tertiary/aromatic N) is 4. The highest BCUT2D eigenvalue weighted by molar-refractivity contribution is 7.99. The second kappa shape index (κ2) is 5.94. The summed E-state index contributed by atoms with van der Waals surface area (Å²) in [4.78, 5) is 24.1. The molecule has 124 valence electrons. The second-order valence-electron chi connectivity index (χ2n) is 6.00. The van der Waals surface area contributed by atoms with Crippen molar-refractivity contribution < 1.29 is 4.79 Å². The highest BCUT2D eigenvalue weighted by atomic mass is 32.2. The van der Waals surface area contributed by atoms with Gasteiger partial charge < -0.3 is 5.73 Å². The quantitative estimate of drug-likeness (QED) is 0.728. The number of nitrogens with two attached hydrogens (primary N) is 1. The maximum absolute atomic E-state index is 13.0. The molecule has 0 bridgehead atoms. The van der Waals surface area contributed by atoms with Gasteiger partial charge in [-0.25, -0.2) is 0 Å². The Morgan fingerprint density at radius 2 is 2.00 bits per heavy atom. The number of rotatable bonds is 4. The van der Waals surface area contributed by atoms with Crippen LogP contribution in [-0.4, -0.2) is 30.8 Å². The lowest BCUT2D eigenvalue weighted by Gasteiger charge is -2.16. The molecule has 2 aromatic heterocycles. The molecule has 0 unspecified atom stereocenters. The van der Waals surface area contributed by atoms with Crippen molar-refractivity contribution in [2.24, 2.45) is 5.73 Å². The third-order valence-corrected chi connectivity index (χ3v) is 5.41. The lowest BCUT2D eigenvalue weighted by Crippen LogP contribution is -2.26. The molecule has 8 heteroatoms. The molecule has 0 saturated heterocycles. The van der Waals surface area contributed by atoms with E-state index in [0.717, 1.165) is 31.2 Å². The highest BCUT2D eigenvalue weighted by Gasteiger charge is 2.24. The molecule has 1 aromatic carbocycles. The van der Waals surface area contributed by atoms with Crippen LogP contribution in [-0.2, 0) is 4.79 Å². The Morgan fingerprint density at radius 1 is 1.25 bits per heavy atom. The van der Waals surface area contributed by atoms with Crippen LogP contribution in [0.1, 0.15) is 31.7 Å². The number of carbonyl (C=O) groups is 1. The molecule has 0 atom stereocenters. The summed E-state index contributed by atoms with van der Waals surface area (Å²) in [5, 5.41) is 9.67. The first-order valence-corrected chi connectivity index (χ1v) is 8.95. The molecule has 0 spiro atoms. The van der Waals surface area contributed by atoms with Gasteiger partial charge in [-0.2, -0.15) is 0 Å². The smallest absolute Gasteiger partial charge is 0.263 e. The first-order chi connectivity index (χ1) is 11.7. The van der Waals surface area contributed by atoms with E-state index in [1.54, 1.807) is 4.57 Å². The maximum atomic E-state index is 13.0. The van der Waals surface area contributed by atoms with Gasteiger partial charge in [0.15, 0.2) is 5.16 Å². The fourth-order valence-corrected chi connectivity index (χ4v) is 4.10. The van der Waals surface area contributed by atoms with Crippen molar-refractivity contribution in [1.82, 2.24) is 19.2 Å². The Morgan fingerprint density at radius 3 is 2.75 bits per heavy atom. The van der Waals surface area contributed by atoms with Gasteiger partial charge in [-0.3, -0.25) is 18.6 Å². The van der Waals surface area contributed by atoms with E-state index in [4.69, 9.17) is 5.73 Å². The molecule has 3 aromatic rings. The SMILES string of the molecule is NC(=O)CSc1nnc2n(C3CCCC3)c(=O)c3ccccc3n12. The van der Waals surface area contributed by atoms with Crippen LogP contribution < -0.4 is 11.3 Å². The number of benzene rings is 1. The number of hydrogen-bond donors (Lipinski definition) is 1. The van der Waals surface area contributed by atoms with Crippen LogP contribution in [0.4, 0.5) is 0 Å². The molecular formula is C16H17N5O2S. The van der Waals surface area contributed by atoms with Gasteiger partial charge in [0, 0.05) is 6.04 Å². The Bertz CT molecular complexity index is 987. The zero-order chi connectivity index (χ0) is 16.7. The van der Waals surface area contributed by atoms with Crippen molar-refractivity contribution in [2.45, 2.75) is 36.9 Å². The number of aromatic nitrogens is 4. The monoisotopic (exact) mass is 343 g/mol. The van der Waals surface area contributed by atoms with Crippen molar-refractivity contribution in [3.05, 3.63) is 34.6 Å². The molecule has 2 heterocycles. The van der Waals surface area contributed by atoms with Crippen molar-refractivity contribution in [3.63, 3.8) is 0 Å². The average molecular weight is 343 g/mol. The zero-order valence-corrected chi connectivity index (χ0v) is 13.8. The number of hydrogen-bond acceptors (Lipinski definition) is 5. The third-order valence-electron chi connectivity index (χ3n) is 4.46. The topological polar surface area (TPSA) is 95.3 Å². The minimum atomic E-state index is -0.412. The molecular weight excluding hydrogens is 326 g/mol. The molecule has 1 saturated carbocycles. The Balaban J connectivity index is 2.02. The van der Waals surface area contributed by atoms with Gasteiger partial charge >= 0.3 is 0 Å². The summed E-state index contributed by atoms with van der Waals surface area (Å²) < 4.78 is 3.64. The molecule has 2 N–H and O–H groups in total. The molecule has 1 aliphatic carbocycles. The average Bonchev–Trinajstić information content (AvgIpc) is 3.23. The maximum Gasteiger partial charge on any atom is 0.263 e. The summed E-state index contributed by atoms with van der Waals surface area (Å²) in [6.07, 6.45) is 4.19. The third kappa shape index (κ3) is 2.37. The summed E-state index contributed by atoms with van der Waals surface area (Å²) in [6, 6.07) is 7.59. The van der Waals surface area contributed by atoms with Crippen LogP contribution in [0, 0.1) is 0 Å². The molecule has 7 nitrogen and oxygen atoms in total. The van der Waals surface area contributed by atoms with E-state index in [1.165, 1.54) is 11.8 Å². The zero-order valence-electron chi connectivity index (χ0n) is 13.0.